The third kappa shape index (κ3) is 2.14. The molecule has 0 unspecified atom stereocenters. The molecule has 22 heavy (non-hydrogen) atoms. The zero-order valence-corrected chi connectivity index (χ0v) is 12.3. The molecular formula is C14H13N5O3. The largest absolute Gasteiger partial charge is 0.497 e. The van der Waals surface area contributed by atoms with Crippen molar-refractivity contribution in [3.05, 3.63) is 55.9 Å². The monoisotopic (exact) mass is 299 g/mol. The second-order valence-electron chi connectivity index (χ2n) is 4.71. The minimum absolute atomic E-state index is 0.122. The number of nitrogens with zero attached hydrogens (tertiary/aromatic N) is 5. The molecule has 3 rings (SSSR count). The molecule has 0 saturated heterocycles. The van der Waals surface area contributed by atoms with E-state index in [1.165, 1.54) is 18.7 Å². The molecule has 0 atom stereocenters. The first kappa shape index (κ1) is 13.9. The average molecular weight is 299 g/mol. The fraction of sp³-hybridized carbons (Fsp3) is 0.214. The smallest absolute Gasteiger partial charge is 0.332 e. The SMILES string of the molecule is COc1ccc(N=C2N=c3c(=O)n(C)c(=O)n(C)c3=N2)cc1. The Balaban J connectivity index is 2.16. The number of benzene rings is 1. The van der Waals surface area contributed by atoms with Crippen molar-refractivity contribution < 1.29 is 4.74 Å². The van der Waals surface area contributed by atoms with E-state index in [0.717, 1.165) is 4.57 Å². The molecular weight excluding hydrogens is 286 g/mol. The van der Waals surface area contributed by atoms with E-state index in [0.29, 0.717) is 11.4 Å². The number of hydrogen-bond donors (Lipinski definition) is 0. The van der Waals surface area contributed by atoms with Crippen molar-refractivity contribution in [1.82, 2.24) is 9.13 Å². The number of methoxy groups -OCH3 is 1. The molecule has 8 heteroatoms. The minimum Gasteiger partial charge on any atom is -0.497 e. The Kier molecular flexibility index (Phi) is 3.21. The Bertz CT molecular complexity index is 1010. The number of hydrogen-bond acceptors (Lipinski definition) is 4. The molecule has 1 aromatic carbocycles. The molecule has 8 nitrogen and oxygen atoms in total. The molecule has 1 aliphatic heterocycles. The number of guanidine groups is 1. The van der Waals surface area contributed by atoms with Crippen LogP contribution < -0.4 is 26.8 Å². The zero-order valence-electron chi connectivity index (χ0n) is 12.3. The van der Waals surface area contributed by atoms with Crippen molar-refractivity contribution >= 4 is 11.6 Å². The van der Waals surface area contributed by atoms with Gasteiger partial charge < -0.3 is 4.74 Å². The van der Waals surface area contributed by atoms with Crippen LogP contribution in [0.3, 0.4) is 0 Å². The van der Waals surface area contributed by atoms with Gasteiger partial charge in [-0.05, 0) is 24.3 Å². The van der Waals surface area contributed by atoms with Gasteiger partial charge in [0, 0.05) is 14.1 Å². The van der Waals surface area contributed by atoms with E-state index in [1.807, 2.05) is 0 Å². The summed E-state index contributed by atoms with van der Waals surface area (Å²) in [4.78, 5) is 36.4. The van der Waals surface area contributed by atoms with Crippen LogP contribution in [0, 0.1) is 0 Å². The average Bonchev–Trinajstić information content (AvgIpc) is 2.95. The molecule has 0 bridgehead atoms. The highest BCUT2D eigenvalue weighted by molar-refractivity contribution is 5.85. The lowest BCUT2D eigenvalue weighted by atomic mass is 10.3. The van der Waals surface area contributed by atoms with Crippen molar-refractivity contribution in [2.45, 2.75) is 0 Å². The topological polar surface area (TPSA) is 90.3 Å². The number of aliphatic imine (C=N–C) groups is 1. The lowest BCUT2D eigenvalue weighted by Gasteiger charge is -1.98. The summed E-state index contributed by atoms with van der Waals surface area (Å²) in [6.07, 6.45) is 0. The number of rotatable bonds is 2. The zero-order chi connectivity index (χ0) is 15.9. The van der Waals surface area contributed by atoms with Gasteiger partial charge in [-0.15, -0.1) is 0 Å². The molecule has 0 fully saturated rings. The molecule has 2 aromatic rings. The molecule has 0 N–H and O–H groups in total. The van der Waals surface area contributed by atoms with Crippen molar-refractivity contribution in [2.24, 2.45) is 29.1 Å². The first-order valence-corrected chi connectivity index (χ1v) is 6.47. The summed E-state index contributed by atoms with van der Waals surface area (Å²) < 4.78 is 7.34. The molecule has 2 heterocycles. The van der Waals surface area contributed by atoms with Gasteiger partial charge in [0.2, 0.25) is 0 Å². The Labute approximate surface area is 124 Å². The highest BCUT2D eigenvalue weighted by atomic mass is 16.5. The molecule has 0 radical (unpaired) electrons. The van der Waals surface area contributed by atoms with Crippen LogP contribution in [-0.2, 0) is 14.1 Å². The van der Waals surface area contributed by atoms with Gasteiger partial charge >= 0.3 is 5.69 Å². The first-order chi connectivity index (χ1) is 10.5. The van der Waals surface area contributed by atoms with E-state index in [1.54, 1.807) is 31.4 Å². The van der Waals surface area contributed by atoms with Gasteiger partial charge in [0.05, 0.1) is 12.8 Å². The predicted molar refractivity (Wildman–Crippen MR) is 79.3 cm³/mol. The molecule has 0 saturated carbocycles. The summed E-state index contributed by atoms with van der Waals surface area (Å²) in [7, 11) is 4.52. The summed E-state index contributed by atoms with van der Waals surface area (Å²) in [6, 6.07) is 7.01. The highest BCUT2D eigenvalue weighted by Gasteiger charge is 2.13. The van der Waals surface area contributed by atoms with E-state index in [-0.39, 0.29) is 16.8 Å². The lowest BCUT2D eigenvalue weighted by Crippen LogP contribution is -2.55. The van der Waals surface area contributed by atoms with Gasteiger partial charge in [0.1, 0.15) is 5.75 Å². The number of aromatic nitrogens is 2. The van der Waals surface area contributed by atoms with Crippen LogP contribution in [0.2, 0.25) is 0 Å². The second-order valence-corrected chi connectivity index (χ2v) is 4.71. The second kappa shape index (κ2) is 5.06. The third-order valence-corrected chi connectivity index (χ3v) is 3.33. The van der Waals surface area contributed by atoms with Crippen LogP contribution in [-0.4, -0.2) is 22.2 Å². The fourth-order valence-corrected chi connectivity index (χ4v) is 2.08. The summed E-state index contributed by atoms with van der Waals surface area (Å²) in [6.45, 7) is 0. The molecule has 0 amide bonds. The van der Waals surface area contributed by atoms with Crippen molar-refractivity contribution in [2.75, 3.05) is 7.11 Å². The van der Waals surface area contributed by atoms with Gasteiger partial charge in [0.25, 0.3) is 11.5 Å². The van der Waals surface area contributed by atoms with E-state index in [2.05, 4.69) is 15.0 Å². The maximum absolute atomic E-state index is 12.0. The van der Waals surface area contributed by atoms with Gasteiger partial charge in [-0.25, -0.2) is 14.8 Å². The van der Waals surface area contributed by atoms with Crippen LogP contribution in [0.4, 0.5) is 5.69 Å². The maximum Gasteiger partial charge on any atom is 0.332 e. The molecule has 0 spiro atoms. The van der Waals surface area contributed by atoms with Crippen LogP contribution >= 0.6 is 0 Å². The summed E-state index contributed by atoms with van der Waals surface area (Å²) in [5.74, 6) is 0.849. The normalized spacial score (nSPS) is 14.4. The molecule has 112 valence electrons. The maximum atomic E-state index is 12.0. The van der Waals surface area contributed by atoms with Gasteiger partial charge in [0.15, 0.2) is 10.8 Å². The van der Waals surface area contributed by atoms with Gasteiger partial charge in [-0.3, -0.25) is 13.9 Å². The Morgan fingerprint density at radius 1 is 1.05 bits per heavy atom. The molecule has 1 aliphatic rings. The van der Waals surface area contributed by atoms with Gasteiger partial charge in [-0.1, -0.05) is 0 Å². The van der Waals surface area contributed by atoms with Crippen LogP contribution in [0.15, 0.2) is 48.8 Å². The van der Waals surface area contributed by atoms with E-state index in [4.69, 9.17) is 4.74 Å². The summed E-state index contributed by atoms with van der Waals surface area (Å²) in [5, 5.41) is 0.122. The molecule has 1 aromatic heterocycles. The Morgan fingerprint density at radius 2 is 1.73 bits per heavy atom. The quantitative estimate of drug-likeness (QED) is 0.714. The van der Waals surface area contributed by atoms with Gasteiger partial charge in [-0.2, -0.15) is 4.99 Å². The van der Waals surface area contributed by atoms with Crippen molar-refractivity contribution in [3.8, 4) is 5.75 Å². The Morgan fingerprint density at radius 3 is 2.36 bits per heavy atom. The Hall–Kier alpha value is -3.03. The van der Waals surface area contributed by atoms with E-state index >= 15 is 0 Å². The summed E-state index contributed by atoms with van der Waals surface area (Å²) in [5.41, 5.74) is -0.0894. The third-order valence-electron chi connectivity index (χ3n) is 3.33. The standard InChI is InChI=1S/C14H13N5O3/c1-18-11-10(12(20)19(2)14(18)21)16-13(17-11)15-8-4-6-9(22-3)7-5-8/h4-7H,1-3H3. The number of ether oxygens (including phenoxy) is 1. The molecule has 0 aliphatic carbocycles. The first-order valence-electron chi connectivity index (χ1n) is 6.47. The minimum atomic E-state index is -0.484. The van der Waals surface area contributed by atoms with Crippen LogP contribution in [0.25, 0.3) is 0 Å². The summed E-state index contributed by atoms with van der Waals surface area (Å²) >= 11 is 0. The number of fused-ring (bicyclic) bond motifs is 1. The lowest BCUT2D eigenvalue weighted by molar-refractivity contribution is 0.415. The van der Waals surface area contributed by atoms with Crippen molar-refractivity contribution in [3.63, 3.8) is 0 Å². The predicted octanol–water partition coefficient (Wildman–Crippen LogP) is -0.967. The van der Waals surface area contributed by atoms with Crippen molar-refractivity contribution in [1.29, 1.82) is 0 Å². The fourth-order valence-electron chi connectivity index (χ4n) is 2.08. The van der Waals surface area contributed by atoms with Crippen LogP contribution in [0.5, 0.6) is 5.75 Å². The van der Waals surface area contributed by atoms with E-state index < -0.39 is 11.2 Å². The van der Waals surface area contributed by atoms with E-state index in [9.17, 15) is 9.59 Å². The van der Waals surface area contributed by atoms with Crippen LogP contribution in [0.1, 0.15) is 0 Å². The highest BCUT2D eigenvalue weighted by Crippen LogP contribution is 2.18.